The molecule has 0 heterocycles. The summed E-state index contributed by atoms with van der Waals surface area (Å²) in [6.45, 7) is 1.87. The van der Waals surface area contributed by atoms with Crippen molar-refractivity contribution in [1.82, 2.24) is 0 Å². The molecule has 27 heavy (non-hydrogen) atoms. The third kappa shape index (κ3) is 5.08. The van der Waals surface area contributed by atoms with Crippen LogP contribution >= 0.6 is 0 Å². The van der Waals surface area contributed by atoms with Gasteiger partial charge in [0, 0.05) is 17.3 Å². The van der Waals surface area contributed by atoms with Gasteiger partial charge in [0.2, 0.25) is 5.91 Å². The first-order chi connectivity index (χ1) is 12.8. The summed E-state index contributed by atoms with van der Waals surface area (Å²) in [6.07, 6.45) is -0.363. The molecule has 1 amide bonds. The first-order valence-corrected chi connectivity index (χ1v) is 7.80. The van der Waals surface area contributed by atoms with Crippen LogP contribution < -0.4 is 5.32 Å². The number of nitrogens with one attached hydrogen (secondary N) is 1. The molecular weight excluding hydrogens is 358 g/mol. The van der Waals surface area contributed by atoms with Gasteiger partial charge in [0.15, 0.2) is 0 Å². The Kier molecular flexibility index (Phi) is 6.15. The van der Waals surface area contributed by atoms with Gasteiger partial charge in [0.1, 0.15) is 0 Å². The number of ether oxygens (including phenoxy) is 1. The molecule has 0 aliphatic rings. The maximum atomic E-state index is 12.2. The molecule has 0 saturated carbocycles. The highest BCUT2D eigenvalue weighted by molar-refractivity contribution is 5.95. The number of carbonyl (C=O) groups excluding carboxylic acids is 2. The maximum absolute atomic E-state index is 12.2. The van der Waals surface area contributed by atoms with Gasteiger partial charge in [-0.3, -0.25) is 25.0 Å². The Bertz CT molecular complexity index is 911. The fraction of sp³-hybridized carbons (Fsp3) is 0.176. The van der Waals surface area contributed by atoms with Crippen LogP contribution in [0.25, 0.3) is 0 Å². The fourth-order valence-electron chi connectivity index (χ4n) is 2.30. The van der Waals surface area contributed by atoms with E-state index in [9.17, 15) is 29.8 Å². The van der Waals surface area contributed by atoms with Crippen molar-refractivity contribution in [2.75, 3.05) is 11.9 Å². The molecule has 0 saturated heterocycles. The molecular formula is C17H15N3O7. The lowest BCUT2D eigenvalue weighted by Gasteiger charge is -2.08. The third-order valence-electron chi connectivity index (χ3n) is 3.48. The second-order valence-electron chi connectivity index (χ2n) is 5.35. The lowest BCUT2D eigenvalue weighted by molar-refractivity contribution is -0.394. The summed E-state index contributed by atoms with van der Waals surface area (Å²) in [7, 11) is 0. The number of amides is 1. The van der Waals surface area contributed by atoms with Gasteiger partial charge in [-0.2, -0.15) is 0 Å². The number of rotatable bonds is 7. The number of nitro benzene ring substituents is 2. The predicted octanol–water partition coefficient (Wildman–Crippen LogP) is 2.86. The molecule has 0 aliphatic carbocycles. The number of non-ortho nitro benzene ring substituents is 1. The molecule has 10 nitrogen and oxygen atoms in total. The second kappa shape index (κ2) is 8.52. The highest BCUT2D eigenvalue weighted by Crippen LogP contribution is 2.25. The summed E-state index contributed by atoms with van der Waals surface area (Å²) in [5, 5.41) is 24.4. The van der Waals surface area contributed by atoms with Gasteiger partial charge in [-0.1, -0.05) is 6.07 Å². The van der Waals surface area contributed by atoms with E-state index in [2.05, 4.69) is 5.32 Å². The molecule has 10 heteroatoms. The van der Waals surface area contributed by atoms with E-state index >= 15 is 0 Å². The van der Waals surface area contributed by atoms with Crippen LogP contribution in [0, 0.1) is 20.2 Å². The summed E-state index contributed by atoms with van der Waals surface area (Å²) in [5.41, 5.74) is -0.358. The highest BCUT2D eigenvalue weighted by atomic mass is 16.6. The van der Waals surface area contributed by atoms with Crippen molar-refractivity contribution in [3.05, 3.63) is 73.8 Å². The SMILES string of the molecule is CCOC(=O)c1cccc(NC(=O)Cc2ccc([N+](=O)[O-])cc2[N+](=O)[O-])c1. The number of carbonyl (C=O) groups is 2. The van der Waals surface area contributed by atoms with Crippen LogP contribution in [0.1, 0.15) is 22.8 Å². The molecule has 2 aromatic rings. The predicted molar refractivity (Wildman–Crippen MR) is 94.5 cm³/mol. The molecule has 140 valence electrons. The summed E-state index contributed by atoms with van der Waals surface area (Å²) in [5.74, 6) is -1.12. The van der Waals surface area contributed by atoms with Crippen molar-refractivity contribution < 1.29 is 24.2 Å². The van der Waals surface area contributed by atoms with Crippen LogP contribution in [0.2, 0.25) is 0 Å². The number of hydrogen-bond acceptors (Lipinski definition) is 7. The van der Waals surface area contributed by atoms with E-state index in [4.69, 9.17) is 4.74 Å². The maximum Gasteiger partial charge on any atom is 0.338 e. The Morgan fingerprint density at radius 3 is 2.44 bits per heavy atom. The quantitative estimate of drug-likeness (QED) is 0.447. The van der Waals surface area contributed by atoms with Crippen molar-refractivity contribution in [3.63, 3.8) is 0 Å². The minimum absolute atomic E-state index is 0.0321. The van der Waals surface area contributed by atoms with Gasteiger partial charge >= 0.3 is 5.97 Å². The van der Waals surface area contributed by atoms with Gasteiger partial charge in [-0.05, 0) is 31.2 Å². The first kappa shape index (κ1) is 19.5. The Balaban J connectivity index is 2.16. The van der Waals surface area contributed by atoms with Crippen LogP contribution in [-0.2, 0) is 16.0 Å². The molecule has 0 fully saturated rings. The van der Waals surface area contributed by atoms with Crippen molar-refractivity contribution in [2.45, 2.75) is 13.3 Å². The van der Waals surface area contributed by atoms with Gasteiger partial charge in [0.25, 0.3) is 11.4 Å². The number of esters is 1. The van der Waals surface area contributed by atoms with E-state index < -0.39 is 33.1 Å². The molecule has 2 aromatic carbocycles. The first-order valence-electron chi connectivity index (χ1n) is 7.80. The number of nitrogens with zero attached hydrogens (tertiary/aromatic N) is 2. The number of hydrogen-bond donors (Lipinski definition) is 1. The molecule has 0 aliphatic heterocycles. The molecule has 0 aromatic heterocycles. The fourth-order valence-corrected chi connectivity index (χ4v) is 2.30. The average molecular weight is 373 g/mol. The van der Waals surface area contributed by atoms with E-state index in [0.717, 1.165) is 12.1 Å². The second-order valence-corrected chi connectivity index (χ2v) is 5.35. The summed E-state index contributed by atoms with van der Waals surface area (Å²) >= 11 is 0. The van der Waals surface area contributed by atoms with Gasteiger partial charge in [-0.25, -0.2) is 4.79 Å². The average Bonchev–Trinajstić information content (AvgIpc) is 2.62. The van der Waals surface area contributed by atoms with Crippen molar-refractivity contribution >= 4 is 28.9 Å². The molecule has 0 atom stereocenters. The molecule has 0 bridgehead atoms. The monoisotopic (exact) mass is 373 g/mol. The summed E-state index contributed by atoms with van der Waals surface area (Å²) < 4.78 is 4.87. The van der Waals surface area contributed by atoms with E-state index in [1.165, 1.54) is 18.2 Å². The zero-order valence-electron chi connectivity index (χ0n) is 14.2. The Labute approximate surface area is 153 Å². The summed E-state index contributed by atoms with van der Waals surface area (Å²) in [4.78, 5) is 44.2. The highest BCUT2D eigenvalue weighted by Gasteiger charge is 2.21. The van der Waals surface area contributed by atoms with Gasteiger partial charge < -0.3 is 10.1 Å². The molecule has 0 radical (unpaired) electrons. The smallest absolute Gasteiger partial charge is 0.338 e. The molecule has 2 rings (SSSR count). The molecule has 0 spiro atoms. The number of anilines is 1. The Hall–Kier alpha value is -3.82. The Morgan fingerprint density at radius 2 is 1.81 bits per heavy atom. The molecule has 1 N–H and O–H groups in total. The standard InChI is InChI=1S/C17H15N3O7/c1-2-27-17(22)12-4-3-5-13(8-12)18-16(21)9-11-6-7-14(19(23)24)10-15(11)20(25)26/h3-8,10H,2,9H2,1H3,(H,18,21). The zero-order chi connectivity index (χ0) is 20.0. The minimum Gasteiger partial charge on any atom is -0.462 e. The van der Waals surface area contributed by atoms with Crippen LogP contribution in [0.3, 0.4) is 0 Å². The number of benzene rings is 2. The lowest BCUT2D eigenvalue weighted by Crippen LogP contribution is -2.16. The van der Waals surface area contributed by atoms with Crippen LogP contribution in [-0.4, -0.2) is 28.3 Å². The van der Waals surface area contributed by atoms with Crippen LogP contribution in [0.15, 0.2) is 42.5 Å². The number of nitro groups is 2. The van der Waals surface area contributed by atoms with E-state index in [1.54, 1.807) is 19.1 Å². The third-order valence-corrected chi connectivity index (χ3v) is 3.48. The van der Waals surface area contributed by atoms with Crippen molar-refractivity contribution in [1.29, 1.82) is 0 Å². The van der Waals surface area contributed by atoms with Crippen molar-refractivity contribution in [3.8, 4) is 0 Å². The van der Waals surface area contributed by atoms with Gasteiger partial charge in [-0.15, -0.1) is 0 Å². The zero-order valence-corrected chi connectivity index (χ0v) is 14.2. The van der Waals surface area contributed by atoms with Gasteiger partial charge in [0.05, 0.1) is 34.5 Å². The van der Waals surface area contributed by atoms with Crippen LogP contribution in [0.4, 0.5) is 17.1 Å². The van der Waals surface area contributed by atoms with E-state index in [0.29, 0.717) is 5.69 Å². The topological polar surface area (TPSA) is 142 Å². The lowest BCUT2D eigenvalue weighted by atomic mass is 10.1. The largest absolute Gasteiger partial charge is 0.462 e. The van der Waals surface area contributed by atoms with E-state index in [1.807, 2.05) is 0 Å². The molecule has 0 unspecified atom stereocenters. The summed E-state index contributed by atoms with van der Waals surface area (Å²) in [6, 6.07) is 9.11. The van der Waals surface area contributed by atoms with Crippen molar-refractivity contribution in [2.24, 2.45) is 0 Å². The van der Waals surface area contributed by atoms with E-state index in [-0.39, 0.29) is 24.2 Å². The van der Waals surface area contributed by atoms with Crippen LogP contribution in [0.5, 0.6) is 0 Å². The normalized spacial score (nSPS) is 10.1. The minimum atomic E-state index is -0.781. The Morgan fingerprint density at radius 1 is 1.07 bits per heavy atom.